The first-order chi connectivity index (χ1) is 12.6. The highest BCUT2D eigenvalue weighted by atomic mass is 16.1. The van der Waals surface area contributed by atoms with Crippen molar-refractivity contribution < 1.29 is 0 Å². The Balaban J connectivity index is 1.93. The second-order valence-corrected chi connectivity index (χ2v) is 6.21. The lowest BCUT2D eigenvalue weighted by Gasteiger charge is -2.08. The van der Waals surface area contributed by atoms with E-state index in [1.807, 2.05) is 29.8 Å². The van der Waals surface area contributed by atoms with Crippen molar-refractivity contribution in [3.8, 4) is 11.4 Å². The first kappa shape index (κ1) is 16.1. The highest BCUT2D eigenvalue weighted by Crippen LogP contribution is 2.22. The first-order valence-corrected chi connectivity index (χ1v) is 8.47. The zero-order chi connectivity index (χ0) is 18.3. The molecule has 3 heterocycles. The van der Waals surface area contributed by atoms with Crippen molar-refractivity contribution in [2.45, 2.75) is 20.3 Å². The largest absolute Gasteiger partial charge is 0.327 e. The first-order valence-electron chi connectivity index (χ1n) is 8.47. The summed E-state index contributed by atoms with van der Waals surface area (Å²) in [4.78, 5) is 26.8. The molecular formula is C20H18N4O2. The van der Waals surface area contributed by atoms with E-state index in [1.54, 1.807) is 12.3 Å². The Morgan fingerprint density at radius 3 is 2.69 bits per heavy atom. The summed E-state index contributed by atoms with van der Waals surface area (Å²) < 4.78 is 3.32. The average Bonchev–Trinajstić information content (AvgIpc) is 3.00. The van der Waals surface area contributed by atoms with Crippen LogP contribution < -0.4 is 11.1 Å². The van der Waals surface area contributed by atoms with Gasteiger partial charge in [0.25, 0.3) is 5.56 Å². The van der Waals surface area contributed by atoms with Crippen LogP contribution in [0.2, 0.25) is 0 Å². The summed E-state index contributed by atoms with van der Waals surface area (Å²) in [6.07, 6.45) is 6.05. The van der Waals surface area contributed by atoms with Gasteiger partial charge in [0.1, 0.15) is 0 Å². The number of hydrogen-bond donors (Lipinski definition) is 1. The topological polar surface area (TPSA) is 72.7 Å². The van der Waals surface area contributed by atoms with Crippen molar-refractivity contribution in [3.63, 3.8) is 0 Å². The molecular weight excluding hydrogens is 328 g/mol. The number of fused-ring (bicyclic) bond motifs is 1. The second-order valence-electron chi connectivity index (χ2n) is 6.21. The molecule has 3 aromatic heterocycles. The fourth-order valence-corrected chi connectivity index (χ4v) is 3.20. The van der Waals surface area contributed by atoms with Gasteiger partial charge in [-0.3, -0.25) is 9.59 Å². The van der Waals surface area contributed by atoms with Crippen molar-refractivity contribution >= 4 is 10.8 Å². The maximum absolute atomic E-state index is 13.0. The van der Waals surface area contributed by atoms with E-state index in [2.05, 4.69) is 29.1 Å². The van der Waals surface area contributed by atoms with Crippen LogP contribution in [0.1, 0.15) is 18.2 Å². The van der Waals surface area contributed by atoms with Crippen LogP contribution in [0.15, 0.2) is 64.6 Å². The normalized spacial score (nSPS) is 11.2. The molecule has 1 aromatic carbocycles. The van der Waals surface area contributed by atoms with E-state index < -0.39 is 0 Å². The molecule has 6 nitrogen and oxygen atoms in total. The minimum absolute atomic E-state index is 0.211. The lowest BCUT2D eigenvalue weighted by Crippen LogP contribution is -2.22. The Morgan fingerprint density at radius 2 is 1.96 bits per heavy atom. The van der Waals surface area contributed by atoms with E-state index in [1.165, 1.54) is 22.5 Å². The van der Waals surface area contributed by atoms with Gasteiger partial charge in [0.2, 0.25) is 5.56 Å². The van der Waals surface area contributed by atoms with Crippen LogP contribution in [0, 0.1) is 6.92 Å². The van der Waals surface area contributed by atoms with Crippen molar-refractivity contribution in [2.75, 3.05) is 0 Å². The Hall–Kier alpha value is -3.41. The molecule has 4 aromatic rings. The molecule has 0 saturated carbocycles. The van der Waals surface area contributed by atoms with E-state index in [9.17, 15) is 9.59 Å². The monoisotopic (exact) mass is 346 g/mol. The van der Waals surface area contributed by atoms with Gasteiger partial charge in [0.15, 0.2) is 0 Å². The minimum Gasteiger partial charge on any atom is -0.327 e. The van der Waals surface area contributed by atoms with Crippen LogP contribution >= 0.6 is 0 Å². The fraction of sp³-hybridized carbons (Fsp3) is 0.150. The van der Waals surface area contributed by atoms with Crippen LogP contribution in [-0.2, 0) is 6.42 Å². The van der Waals surface area contributed by atoms with Gasteiger partial charge in [-0.2, -0.15) is 9.78 Å². The molecule has 0 aliphatic carbocycles. The number of aromatic amines is 1. The Kier molecular flexibility index (Phi) is 3.80. The summed E-state index contributed by atoms with van der Waals surface area (Å²) in [6.45, 7) is 4.05. The van der Waals surface area contributed by atoms with E-state index in [-0.39, 0.29) is 11.1 Å². The van der Waals surface area contributed by atoms with E-state index in [4.69, 9.17) is 0 Å². The van der Waals surface area contributed by atoms with E-state index >= 15 is 0 Å². The molecule has 0 fully saturated rings. The maximum Gasteiger partial charge on any atom is 0.281 e. The number of pyridine rings is 1. The maximum atomic E-state index is 13.0. The van der Waals surface area contributed by atoms with Crippen molar-refractivity contribution in [1.82, 2.24) is 19.3 Å². The van der Waals surface area contributed by atoms with Gasteiger partial charge in [0, 0.05) is 35.2 Å². The van der Waals surface area contributed by atoms with Gasteiger partial charge in [-0.25, -0.2) is 0 Å². The van der Waals surface area contributed by atoms with Gasteiger partial charge >= 0.3 is 0 Å². The van der Waals surface area contributed by atoms with Crippen LogP contribution in [0.3, 0.4) is 0 Å². The number of hydrogen-bond acceptors (Lipinski definition) is 3. The van der Waals surface area contributed by atoms with E-state index in [0.717, 1.165) is 23.2 Å². The van der Waals surface area contributed by atoms with Gasteiger partial charge in [-0.1, -0.05) is 19.1 Å². The number of aromatic nitrogens is 4. The zero-order valence-electron chi connectivity index (χ0n) is 14.6. The quantitative estimate of drug-likeness (QED) is 0.620. The van der Waals surface area contributed by atoms with Crippen LogP contribution in [-0.4, -0.2) is 19.3 Å². The summed E-state index contributed by atoms with van der Waals surface area (Å²) in [5.41, 5.74) is 3.21. The van der Waals surface area contributed by atoms with Crippen LogP contribution in [0.4, 0.5) is 0 Å². The fourth-order valence-electron chi connectivity index (χ4n) is 3.20. The molecule has 0 spiro atoms. The molecule has 0 atom stereocenters. The number of aryl methyl sites for hydroxylation is 2. The Labute approximate surface area is 149 Å². The predicted octanol–water partition coefficient (Wildman–Crippen LogP) is 2.74. The van der Waals surface area contributed by atoms with Gasteiger partial charge in [-0.05, 0) is 37.1 Å². The number of rotatable bonds is 3. The summed E-state index contributed by atoms with van der Waals surface area (Å²) in [6, 6.07) is 11.2. The lowest BCUT2D eigenvalue weighted by molar-refractivity contribution is 0.815. The highest BCUT2D eigenvalue weighted by Gasteiger charge is 2.14. The predicted molar refractivity (Wildman–Crippen MR) is 101 cm³/mol. The summed E-state index contributed by atoms with van der Waals surface area (Å²) in [5, 5.41) is 5.66. The molecule has 0 aliphatic rings. The van der Waals surface area contributed by atoms with Crippen molar-refractivity contribution in [1.29, 1.82) is 0 Å². The lowest BCUT2D eigenvalue weighted by atomic mass is 10.1. The standard InChI is InChI=1S/C20H18N4O2/c1-3-14-5-4-6-16(9-14)23-12-15-10-22-24(20(26)19(15)13(23)2)17-7-8-18(25)21-11-17/h4-12H,3H2,1-2H3,(H,21,25). The highest BCUT2D eigenvalue weighted by molar-refractivity contribution is 5.84. The molecule has 26 heavy (non-hydrogen) atoms. The third kappa shape index (κ3) is 2.56. The number of nitrogens with one attached hydrogen (secondary N) is 1. The third-order valence-electron chi connectivity index (χ3n) is 4.61. The summed E-state index contributed by atoms with van der Waals surface area (Å²) in [5.74, 6) is 0. The molecule has 0 radical (unpaired) electrons. The molecule has 130 valence electrons. The zero-order valence-corrected chi connectivity index (χ0v) is 14.6. The molecule has 0 amide bonds. The second kappa shape index (κ2) is 6.15. The van der Waals surface area contributed by atoms with Crippen LogP contribution in [0.25, 0.3) is 22.1 Å². The summed E-state index contributed by atoms with van der Waals surface area (Å²) in [7, 11) is 0. The van der Waals surface area contributed by atoms with Crippen molar-refractivity contribution in [3.05, 3.63) is 87.0 Å². The Bertz CT molecular complexity index is 1210. The molecule has 0 bridgehead atoms. The number of nitrogens with zero attached hydrogens (tertiary/aromatic N) is 3. The van der Waals surface area contributed by atoms with Crippen molar-refractivity contribution in [2.24, 2.45) is 0 Å². The minimum atomic E-state index is -0.221. The molecule has 0 unspecified atom stereocenters. The Morgan fingerprint density at radius 1 is 1.12 bits per heavy atom. The molecule has 6 heteroatoms. The molecule has 0 aliphatic heterocycles. The van der Waals surface area contributed by atoms with Crippen LogP contribution in [0.5, 0.6) is 0 Å². The van der Waals surface area contributed by atoms with E-state index in [0.29, 0.717) is 11.1 Å². The molecule has 4 rings (SSSR count). The van der Waals surface area contributed by atoms with Gasteiger partial charge < -0.3 is 9.55 Å². The smallest absolute Gasteiger partial charge is 0.281 e. The molecule has 1 N–H and O–H groups in total. The average molecular weight is 346 g/mol. The molecule has 0 saturated heterocycles. The number of H-pyrrole nitrogens is 1. The number of benzene rings is 1. The SMILES string of the molecule is CCc1cccc(-n2cc3cnn(-c4ccc(=O)[nH]c4)c(=O)c3c2C)c1. The summed E-state index contributed by atoms with van der Waals surface area (Å²) >= 11 is 0. The van der Waals surface area contributed by atoms with Gasteiger partial charge in [0.05, 0.1) is 17.3 Å². The third-order valence-corrected chi connectivity index (χ3v) is 4.61. The van der Waals surface area contributed by atoms with Gasteiger partial charge in [-0.15, -0.1) is 0 Å².